The molecule has 0 radical (unpaired) electrons. The van der Waals surface area contributed by atoms with E-state index in [1.165, 1.54) is 5.57 Å². The van der Waals surface area contributed by atoms with Crippen molar-refractivity contribution < 1.29 is 19.0 Å². The van der Waals surface area contributed by atoms with Gasteiger partial charge >= 0.3 is 5.97 Å². The van der Waals surface area contributed by atoms with E-state index in [9.17, 15) is 4.79 Å². The molecule has 0 saturated heterocycles. The lowest BCUT2D eigenvalue weighted by Gasteiger charge is -2.09. The number of allylic oxidation sites excluding steroid dienone is 1. The van der Waals surface area contributed by atoms with Crippen LogP contribution in [0.1, 0.15) is 27.7 Å². The number of esters is 1. The van der Waals surface area contributed by atoms with Crippen molar-refractivity contribution in [3.8, 4) is 0 Å². The zero-order valence-electron chi connectivity index (χ0n) is 12.5. The Balaban J connectivity index is 3.35. The predicted molar refractivity (Wildman–Crippen MR) is 76.0 cm³/mol. The van der Waals surface area contributed by atoms with E-state index in [2.05, 4.69) is 33.4 Å². The summed E-state index contributed by atoms with van der Waals surface area (Å²) in [6.07, 6.45) is 2.18. The van der Waals surface area contributed by atoms with Gasteiger partial charge in [-0.25, -0.2) is 4.79 Å². The molecule has 1 atom stereocenters. The SMILES string of the molecule is C=C(C)C(=O)OCCOCCOCC(C)C=C(C)C. The highest BCUT2D eigenvalue weighted by Gasteiger charge is 2.02. The molecular formula is C15H26O4. The molecular weight excluding hydrogens is 244 g/mol. The summed E-state index contributed by atoms with van der Waals surface area (Å²) in [4.78, 5) is 11.0. The summed E-state index contributed by atoms with van der Waals surface area (Å²) >= 11 is 0. The van der Waals surface area contributed by atoms with Crippen LogP contribution in [-0.4, -0.2) is 39.0 Å². The van der Waals surface area contributed by atoms with Gasteiger partial charge in [0, 0.05) is 5.57 Å². The van der Waals surface area contributed by atoms with Crippen molar-refractivity contribution in [2.24, 2.45) is 5.92 Å². The number of hydrogen-bond acceptors (Lipinski definition) is 4. The third-order valence-electron chi connectivity index (χ3n) is 2.18. The van der Waals surface area contributed by atoms with Crippen molar-refractivity contribution in [3.05, 3.63) is 23.8 Å². The Labute approximate surface area is 116 Å². The van der Waals surface area contributed by atoms with E-state index in [1.807, 2.05) is 0 Å². The Bertz CT molecular complexity index is 303. The van der Waals surface area contributed by atoms with Crippen LogP contribution in [0, 0.1) is 5.92 Å². The third kappa shape index (κ3) is 11.7. The molecule has 0 N–H and O–H groups in total. The lowest BCUT2D eigenvalue weighted by Crippen LogP contribution is -2.14. The van der Waals surface area contributed by atoms with Gasteiger partial charge in [0.25, 0.3) is 0 Å². The smallest absolute Gasteiger partial charge is 0.333 e. The molecule has 0 spiro atoms. The minimum absolute atomic E-state index is 0.250. The summed E-state index contributed by atoms with van der Waals surface area (Å²) in [6, 6.07) is 0. The predicted octanol–water partition coefficient (Wildman–Crippen LogP) is 2.74. The zero-order chi connectivity index (χ0) is 14.7. The normalized spacial score (nSPS) is 11.8. The number of carbonyl (C=O) groups is 1. The molecule has 0 aliphatic rings. The molecule has 0 saturated carbocycles. The zero-order valence-corrected chi connectivity index (χ0v) is 12.5. The first-order valence-corrected chi connectivity index (χ1v) is 6.56. The standard InChI is InChI=1S/C15H26O4/c1-12(2)10-14(5)11-18-7-6-17-8-9-19-15(16)13(3)4/h10,14H,3,6-9,11H2,1-2,4-5H3. The summed E-state index contributed by atoms with van der Waals surface area (Å²) in [5.74, 6) is 0.0388. The highest BCUT2D eigenvalue weighted by Crippen LogP contribution is 2.02. The van der Waals surface area contributed by atoms with Crippen molar-refractivity contribution in [1.82, 2.24) is 0 Å². The quantitative estimate of drug-likeness (QED) is 0.265. The van der Waals surface area contributed by atoms with E-state index in [1.54, 1.807) is 6.92 Å². The fourth-order valence-electron chi connectivity index (χ4n) is 1.42. The summed E-state index contributed by atoms with van der Waals surface area (Å²) in [7, 11) is 0. The van der Waals surface area contributed by atoms with Gasteiger partial charge in [0.05, 0.1) is 26.4 Å². The molecule has 0 aromatic heterocycles. The Morgan fingerprint density at radius 1 is 1.11 bits per heavy atom. The summed E-state index contributed by atoms with van der Waals surface area (Å²) in [5, 5.41) is 0. The van der Waals surface area contributed by atoms with E-state index >= 15 is 0 Å². The van der Waals surface area contributed by atoms with Crippen molar-refractivity contribution in [2.45, 2.75) is 27.7 Å². The average Bonchev–Trinajstić information content (AvgIpc) is 2.31. The van der Waals surface area contributed by atoms with Crippen LogP contribution >= 0.6 is 0 Å². The number of rotatable bonds is 10. The number of ether oxygens (including phenoxy) is 3. The van der Waals surface area contributed by atoms with E-state index in [4.69, 9.17) is 14.2 Å². The molecule has 4 nitrogen and oxygen atoms in total. The van der Waals surface area contributed by atoms with Crippen molar-refractivity contribution in [1.29, 1.82) is 0 Å². The van der Waals surface area contributed by atoms with Crippen molar-refractivity contribution in [3.63, 3.8) is 0 Å². The lowest BCUT2D eigenvalue weighted by atomic mass is 10.1. The van der Waals surface area contributed by atoms with Crippen LogP contribution in [0.25, 0.3) is 0 Å². The monoisotopic (exact) mass is 270 g/mol. The lowest BCUT2D eigenvalue weighted by molar-refractivity contribution is -0.140. The molecule has 0 amide bonds. The Morgan fingerprint density at radius 2 is 1.68 bits per heavy atom. The van der Waals surface area contributed by atoms with Gasteiger partial charge in [-0.2, -0.15) is 0 Å². The fraction of sp³-hybridized carbons (Fsp3) is 0.667. The van der Waals surface area contributed by atoms with Gasteiger partial charge < -0.3 is 14.2 Å². The van der Waals surface area contributed by atoms with E-state index < -0.39 is 0 Å². The van der Waals surface area contributed by atoms with Crippen LogP contribution in [0.4, 0.5) is 0 Å². The molecule has 0 aliphatic heterocycles. The molecule has 110 valence electrons. The summed E-state index contributed by atoms with van der Waals surface area (Å²) in [5.41, 5.74) is 1.70. The van der Waals surface area contributed by atoms with Gasteiger partial charge in [0.1, 0.15) is 6.61 Å². The molecule has 0 heterocycles. The molecule has 0 aromatic carbocycles. The topological polar surface area (TPSA) is 44.8 Å². The molecule has 4 heteroatoms. The highest BCUT2D eigenvalue weighted by molar-refractivity contribution is 5.86. The summed E-state index contributed by atoms with van der Waals surface area (Å²) < 4.78 is 15.6. The summed E-state index contributed by atoms with van der Waals surface area (Å²) in [6.45, 7) is 13.8. The van der Waals surface area contributed by atoms with Crippen LogP contribution in [0.5, 0.6) is 0 Å². The number of carbonyl (C=O) groups excluding carboxylic acids is 1. The molecule has 0 rings (SSSR count). The van der Waals surface area contributed by atoms with Gasteiger partial charge in [-0.1, -0.05) is 25.2 Å². The van der Waals surface area contributed by atoms with E-state index in [0.717, 1.165) is 0 Å². The molecule has 19 heavy (non-hydrogen) atoms. The molecule has 0 bridgehead atoms. The highest BCUT2D eigenvalue weighted by atomic mass is 16.6. The Hall–Kier alpha value is -1.13. The Kier molecular flexibility index (Phi) is 10.1. The van der Waals surface area contributed by atoms with Crippen molar-refractivity contribution >= 4 is 5.97 Å². The first-order chi connectivity index (χ1) is 8.93. The third-order valence-corrected chi connectivity index (χ3v) is 2.18. The van der Waals surface area contributed by atoms with Crippen molar-refractivity contribution in [2.75, 3.05) is 33.0 Å². The maximum absolute atomic E-state index is 11.0. The van der Waals surface area contributed by atoms with Crippen LogP contribution < -0.4 is 0 Å². The molecule has 0 fully saturated rings. The second-order valence-corrected chi connectivity index (χ2v) is 4.82. The average molecular weight is 270 g/mol. The maximum Gasteiger partial charge on any atom is 0.333 e. The molecule has 0 aromatic rings. The van der Waals surface area contributed by atoms with Gasteiger partial charge in [-0.15, -0.1) is 0 Å². The van der Waals surface area contributed by atoms with Crippen LogP contribution in [0.2, 0.25) is 0 Å². The van der Waals surface area contributed by atoms with Gasteiger partial charge in [0.15, 0.2) is 0 Å². The first kappa shape index (κ1) is 17.9. The minimum Gasteiger partial charge on any atom is -0.460 e. The van der Waals surface area contributed by atoms with E-state index in [-0.39, 0.29) is 12.6 Å². The van der Waals surface area contributed by atoms with E-state index in [0.29, 0.717) is 37.9 Å². The molecule has 0 aliphatic carbocycles. The van der Waals surface area contributed by atoms with Crippen LogP contribution in [0.15, 0.2) is 23.8 Å². The van der Waals surface area contributed by atoms with Crippen LogP contribution in [0.3, 0.4) is 0 Å². The van der Waals surface area contributed by atoms with Crippen LogP contribution in [-0.2, 0) is 19.0 Å². The number of hydrogen-bond donors (Lipinski definition) is 0. The molecule has 1 unspecified atom stereocenters. The first-order valence-electron chi connectivity index (χ1n) is 6.56. The maximum atomic E-state index is 11.0. The van der Waals surface area contributed by atoms with Gasteiger partial charge in [-0.05, 0) is 26.7 Å². The minimum atomic E-state index is -0.379. The second kappa shape index (κ2) is 10.8. The van der Waals surface area contributed by atoms with Gasteiger partial charge in [-0.3, -0.25) is 0 Å². The fourth-order valence-corrected chi connectivity index (χ4v) is 1.42. The van der Waals surface area contributed by atoms with Gasteiger partial charge in [0.2, 0.25) is 0 Å². The largest absolute Gasteiger partial charge is 0.460 e. The Morgan fingerprint density at radius 3 is 2.26 bits per heavy atom. The second-order valence-electron chi connectivity index (χ2n) is 4.82.